The minimum absolute atomic E-state index is 0.0240. The number of nitrogens with one attached hydrogen (secondary N) is 2. The van der Waals surface area contributed by atoms with E-state index in [1.165, 1.54) is 0 Å². The number of thioether (sulfide) groups is 1. The Morgan fingerprint density at radius 3 is 2.23 bits per heavy atom. The number of ether oxygens (including phenoxy) is 1. The molecule has 5 nitrogen and oxygen atoms in total. The summed E-state index contributed by atoms with van der Waals surface area (Å²) in [7, 11) is 1.64. The number of methoxy groups -OCH3 is 1. The number of carbonyl (C=O) groups excluding carboxylic acids is 2. The molecule has 0 fully saturated rings. The summed E-state index contributed by atoms with van der Waals surface area (Å²) in [4.78, 5) is 24.3. The molecule has 0 aromatic heterocycles. The molecule has 0 unspecified atom stereocenters. The normalized spacial score (nSPS) is 10.4. The third kappa shape index (κ3) is 7.50. The first kappa shape index (κ1) is 22.4. The lowest BCUT2D eigenvalue weighted by atomic mass is 10.1. The van der Waals surface area contributed by atoms with Gasteiger partial charge < -0.3 is 15.4 Å². The molecular weight excluding hydrogens is 408 g/mol. The van der Waals surface area contributed by atoms with Gasteiger partial charge >= 0.3 is 0 Å². The zero-order chi connectivity index (χ0) is 21.9. The van der Waals surface area contributed by atoms with Gasteiger partial charge in [0.1, 0.15) is 5.75 Å². The summed E-state index contributed by atoms with van der Waals surface area (Å²) in [5.74, 6) is 1.80. The van der Waals surface area contributed by atoms with Crippen LogP contribution < -0.4 is 15.4 Å². The Bertz CT molecular complexity index is 974. The number of anilines is 1. The van der Waals surface area contributed by atoms with E-state index in [1.807, 2.05) is 78.9 Å². The third-order valence-electron chi connectivity index (χ3n) is 4.63. The molecule has 0 aliphatic rings. The first-order valence-electron chi connectivity index (χ1n) is 10.1. The van der Waals surface area contributed by atoms with Crippen LogP contribution in [0.5, 0.6) is 5.75 Å². The summed E-state index contributed by atoms with van der Waals surface area (Å²) >= 11 is 1.54. The highest BCUT2D eigenvalue weighted by Crippen LogP contribution is 2.15. The van der Waals surface area contributed by atoms with E-state index in [0.29, 0.717) is 23.6 Å². The predicted molar refractivity (Wildman–Crippen MR) is 127 cm³/mol. The van der Waals surface area contributed by atoms with Crippen molar-refractivity contribution in [3.05, 3.63) is 95.6 Å². The third-order valence-corrected chi connectivity index (χ3v) is 5.64. The molecule has 31 heavy (non-hydrogen) atoms. The first-order chi connectivity index (χ1) is 15.1. The molecule has 3 aromatic rings. The van der Waals surface area contributed by atoms with Crippen LogP contribution >= 0.6 is 11.8 Å². The Morgan fingerprint density at radius 2 is 1.55 bits per heavy atom. The van der Waals surface area contributed by atoms with Crippen molar-refractivity contribution in [3.8, 4) is 5.75 Å². The second-order valence-corrected chi connectivity index (χ2v) is 7.94. The van der Waals surface area contributed by atoms with Crippen LogP contribution in [0.25, 0.3) is 0 Å². The van der Waals surface area contributed by atoms with Gasteiger partial charge in [-0.15, -0.1) is 11.8 Å². The highest BCUT2D eigenvalue weighted by Gasteiger charge is 2.06. The molecule has 2 N–H and O–H groups in total. The highest BCUT2D eigenvalue weighted by atomic mass is 32.2. The molecule has 0 saturated heterocycles. The molecule has 0 saturated carbocycles. The second-order valence-electron chi connectivity index (χ2n) is 6.96. The lowest BCUT2D eigenvalue weighted by Gasteiger charge is -2.08. The van der Waals surface area contributed by atoms with Gasteiger partial charge in [0, 0.05) is 23.5 Å². The summed E-state index contributed by atoms with van der Waals surface area (Å²) < 4.78 is 5.15. The minimum atomic E-state index is -0.0880. The molecule has 6 heteroatoms. The number of para-hydroxylation sites is 1. The summed E-state index contributed by atoms with van der Waals surface area (Å²) in [5, 5.41) is 5.82. The molecule has 0 radical (unpaired) electrons. The molecule has 0 aliphatic carbocycles. The van der Waals surface area contributed by atoms with Crippen molar-refractivity contribution in [3.63, 3.8) is 0 Å². The molecule has 0 aliphatic heterocycles. The van der Waals surface area contributed by atoms with Crippen LogP contribution in [-0.2, 0) is 17.0 Å². The summed E-state index contributed by atoms with van der Waals surface area (Å²) in [6, 6.07) is 24.8. The number of rotatable bonds is 10. The quantitative estimate of drug-likeness (QED) is 0.492. The van der Waals surface area contributed by atoms with Crippen LogP contribution in [-0.4, -0.2) is 31.2 Å². The average molecular weight is 435 g/mol. The van der Waals surface area contributed by atoms with Crippen molar-refractivity contribution >= 4 is 29.3 Å². The van der Waals surface area contributed by atoms with Crippen LogP contribution in [0.3, 0.4) is 0 Å². The van der Waals surface area contributed by atoms with Crippen molar-refractivity contribution in [2.75, 3.05) is 24.7 Å². The van der Waals surface area contributed by atoms with Crippen molar-refractivity contribution < 1.29 is 14.3 Å². The molecule has 3 aromatic carbocycles. The van der Waals surface area contributed by atoms with E-state index >= 15 is 0 Å². The molecule has 0 spiro atoms. The van der Waals surface area contributed by atoms with Crippen LogP contribution in [0.15, 0.2) is 78.9 Å². The Kier molecular flexibility index (Phi) is 8.55. The molecule has 3 rings (SSSR count). The van der Waals surface area contributed by atoms with Gasteiger partial charge in [-0.2, -0.15) is 0 Å². The molecular formula is C25H26N2O3S. The number of carbonyl (C=O) groups is 2. The maximum absolute atomic E-state index is 12.3. The fraction of sp³-hybridized carbons (Fsp3) is 0.200. The summed E-state index contributed by atoms with van der Waals surface area (Å²) in [5.41, 5.74) is 3.65. The topological polar surface area (TPSA) is 67.4 Å². The molecule has 160 valence electrons. The van der Waals surface area contributed by atoms with Crippen LogP contribution in [0.4, 0.5) is 5.69 Å². The molecule has 0 heterocycles. The van der Waals surface area contributed by atoms with E-state index in [1.54, 1.807) is 18.9 Å². The standard InChI is InChI=1S/C25H26N2O3S/c1-30-23-13-9-19(10-14-23)15-16-26-25(29)21-11-7-20(8-12-21)17-31-18-24(28)27-22-5-3-2-4-6-22/h2-14H,15-18H2,1H3,(H,26,29)(H,27,28). The maximum atomic E-state index is 12.3. The van der Waals surface area contributed by atoms with E-state index < -0.39 is 0 Å². The second kappa shape index (κ2) is 11.8. The number of benzene rings is 3. The van der Waals surface area contributed by atoms with E-state index in [0.717, 1.165) is 29.0 Å². The Hall–Kier alpha value is -3.25. The van der Waals surface area contributed by atoms with E-state index in [4.69, 9.17) is 4.74 Å². The Labute approximate surface area is 187 Å². The van der Waals surface area contributed by atoms with Gasteiger partial charge in [0.2, 0.25) is 5.91 Å². The Balaban J connectivity index is 1.37. The molecule has 0 bridgehead atoms. The maximum Gasteiger partial charge on any atom is 0.251 e. The van der Waals surface area contributed by atoms with Gasteiger partial charge in [-0.05, 0) is 53.9 Å². The smallest absolute Gasteiger partial charge is 0.251 e. The van der Waals surface area contributed by atoms with Crippen molar-refractivity contribution in [2.45, 2.75) is 12.2 Å². The zero-order valence-electron chi connectivity index (χ0n) is 17.5. The monoisotopic (exact) mass is 434 g/mol. The lowest BCUT2D eigenvalue weighted by Crippen LogP contribution is -2.25. The summed E-state index contributed by atoms with van der Waals surface area (Å²) in [6.07, 6.45) is 0.759. The first-order valence-corrected chi connectivity index (χ1v) is 11.2. The van der Waals surface area contributed by atoms with Gasteiger partial charge in [-0.1, -0.05) is 42.5 Å². The largest absolute Gasteiger partial charge is 0.497 e. The van der Waals surface area contributed by atoms with Gasteiger partial charge in [-0.25, -0.2) is 0 Å². The highest BCUT2D eigenvalue weighted by molar-refractivity contribution is 7.99. The number of hydrogen-bond acceptors (Lipinski definition) is 4. The lowest BCUT2D eigenvalue weighted by molar-refractivity contribution is -0.113. The van der Waals surface area contributed by atoms with Crippen molar-refractivity contribution in [1.82, 2.24) is 5.32 Å². The van der Waals surface area contributed by atoms with E-state index in [-0.39, 0.29) is 11.8 Å². The van der Waals surface area contributed by atoms with E-state index in [2.05, 4.69) is 10.6 Å². The minimum Gasteiger partial charge on any atom is -0.497 e. The number of amides is 2. The SMILES string of the molecule is COc1ccc(CCNC(=O)c2ccc(CSCC(=O)Nc3ccccc3)cc2)cc1. The Morgan fingerprint density at radius 1 is 0.871 bits per heavy atom. The molecule has 0 atom stereocenters. The fourth-order valence-corrected chi connectivity index (χ4v) is 3.73. The van der Waals surface area contributed by atoms with Gasteiger partial charge in [0.05, 0.1) is 12.9 Å². The fourth-order valence-electron chi connectivity index (χ4n) is 2.95. The van der Waals surface area contributed by atoms with Crippen LogP contribution in [0.2, 0.25) is 0 Å². The average Bonchev–Trinajstić information content (AvgIpc) is 2.80. The van der Waals surface area contributed by atoms with Gasteiger partial charge in [-0.3, -0.25) is 9.59 Å². The van der Waals surface area contributed by atoms with Gasteiger partial charge in [0.25, 0.3) is 5.91 Å². The molecule has 2 amide bonds. The number of hydrogen-bond donors (Lipinski definition) is 2. The van der Waals surface area contributed by atoms with Crippen LogP contribution in [0.1, 0.15) is 21.5 Å². The van der Waals surface area contributed by atoms with Crippen molar-refractivity contribution in [1.29, 1.82) is 0 Å². The van der Waals surface area contributed by atoms with Crippen molar-refractivity contribution in [2.24, 2.45) is 0 Å². The van der Waals surface area contributed by atoms with E-state index in [9.17, 15) is 9.59 Å². The van der Waals surface area contributed by atoms with Gasteiger partial charge in [0.15, 0.2) is 0 Å². The summed E-state index contributed by atoms with van der Waals surface area (Å²) in [6.45, 7) is 0.569. The zero-order valence-corrected chi connectivity index (χ0v) is 18.3. The predicted octanol–water partition coefficient (Wildman–Crippen LogP) is 4.54. The van der Waals surface area contributed by atoms with Crippen LogP contribution in [0, 0.1) is 0 Å².